The highest BCUT2D eigenvalue weighted by Gasteiger charge is 2.28. The van der Waals surface area contributed by atoms with Gasteiger partial charge in [-0.05, 0) is 105 Å². The summed E-state index contributed by atoms with van der Waals surface area (Å²) in [6.07, 6.45) is 8.93. The second kappa shape index (κ2) is 15.3. The Morgan fingerprint density at radius 3 is 2.35 bits per heavy atom. The molecule has 0 aromatic heterocycles. The van der Waals surface area contributed by atoms with Crippen molar-refractivity contribution in [1.29, 1.82) is 5.26 Å². The summed E-state index contributed by atoms with van der Waals surface area (Å²) in [7, 11) is 0. The van der Waals surface area contributed by atoms with Crippen LogP contribution in [0, 0.1) is 25.2 Å². The number of nitrogens with zero attached hydrogens (tertiary/aromatic N) is 2. The molecule has 2 aliphatic rings. The number of aryl methyl sites for hydroxylation is 1. The molecule has 8 heteroatoms. The molecule has 0 radical (unpaired) electrons. The average Bonchev–Trinajstić information content (AvgIpc) is 3.84. The molecule has 0 aliphatic heterocycles. The first kappa shape index (κ1) is 33.6. The Kier molecular flexibility index (Phi) is 10.5. The van der Waals surface area contributed by atoms with Crippen LogP contribution in [0.5, 0.6) is 5.75 Å². The molecular formula is C41H44N4O4. The van der Waals surface area contributed by atoms with Gasteiger partial charge in [0.25, 0.3) is 5.91 Å². The lowest BCUT2D eigenvalue weighted by molar-refractivity contribution is 0.0698. The maximum atomic E-state index is 13.7. The zero-order chi connectivity index (χ0) is 34.3. The number of nitrogens with one attached hydrogen (secondary N) is 2. The van der Waals surface area contributed by atoms with Gasteiger partial charge in [-0.3, -0.25) is 4.79 Å². The summed E-state index contributed by atoms with van der Waals surface area (Å²) in [5, 5.41) is 26.5. The van der Waals surface area contributed by atoms with Gasteiger partial charge in [-0.15, -0.1) is 0 Å². The summed E-state index contributed by atoms with van der Waals surface area (Å²) < 4.78 is 6.31. The quantitative estimate of drug-likeness (QED) is 0.139. The number of aromatic carboxylic acids is 1. The van der Waals surface area contributed by atoms with Crippen molar-refractivity contribution in [3.8, 4) is 11.8 Å². The van der Waals surface area contributed by atoms with Gasteiger partial charge in [0.2, 0.25) is 0 Å². The van der Waals surface area contributed by atoms with E-state index in [-0.39, 0.29) is 23.2 Å². The standard InChI is InChI=1S/C41H44N4O4/c1-27-22-31(17-19-36(27)43-33-12-6-7-13-33)40(46)44-39-28(2)37(20-18-35(39)41(47)48)45(34-14-8-9-15-34)25-32-23-30(24-42)16-21-38(32)49-26-29-10-4-3-5-11-29/h3-5,10-11,16-23,33-34,43H,6-9,12-15,25-26H2,1-2H3,(H,44,46)(H,47,48). The second-order valence-electron chi connectivity index (χ2n) is 13.3. The van der Waals surface area contributed by atoms with Gasteiger partial charge in [-0.25, -0.2) is 4.79 Å². The maximum absolute atomic E-state index is 13.7. The lowest BCUT2D eigenvalue weighted by Gasteiger charge is -2.34. The van der Waals surface area contributed by atoms with E-state index in [2.05, 4.69) is 21.6 Å². The van der Waals surface area contributed by atoms with Crippen LogP contribution < -0.4 is 20.3 Å². The molecule has 0 heterocycles. The number of hydrogen-bond donors (Lipinski definition) is 3. The third-order valence-corrected chi connectivity index (χ3v) is 9.95. The number of anilines is 3. The van der Waals surface area contributed by atoms with Crippen molar-refractivity contribution in [3.05, 3.63) is 118 Å². The smallest absolute Gasteiger partial charge is 0.337 e. The normalized spacial score (nSPS) is 14.7. The number of carboxylic acid groups (broad SMARTS) is 1. The molecule has 4 aromatic carbocycles. The van der Waals surface area contributed by atoms with Crippen LogP contribution in [0.2, 0.25) is 0 Å². The number of nitriles is 1. The van der Waals surface area contributed by atoms with Crippen LogP contribution in [0.4, 0.5) is 17.1 Å². The Morgan fingerprint density at radius 1 is 0.918 bits per heavy atom. The molecule has 2 saturated carbocycles. The van der Waals surface area contributed by atoms with Gasteiger partial charge in [-0.2, -0.15) is 5.26 Å². The van der Waals surface area contributed by atoms with E-state index in [1.807, 2.05) is 74.5 Å². The van der Waals surface area contributed by atoms with Crippen molar-refractivity contribution in [1.82, 2.24) is 0 Å². The first-order chi connectivity index (χ1) is 23.8. The third-order valence-electron chi connectivity index (χ3n) is 9.95. The number of carbonyl (C=O) groups is 2. The average molecular weight is 657 g/mol. The Morgan fingerprint density at radius 2 is 1.65 bits per heavy atom. The predicted octanol–water partition coefficient (Wildman–Crippen LogP) is 9.01. The van der Waals surface area contributed by atoms with E-state index in [4.69, 9.17) is 4.74 Å². The largest absolute Gasteiger partial charge is 0.489 e. The molecule has 3 N–H and O–H groups in total. The van der Waals surface area contributed by atoms with Crippen LogP contribution in [-0.2, 0) is 13.2 Å². The van der Waals surface area contributed by atoms with Crippen molar-refractivity contribution in [2.75, 3.05) is 15.5 Å². The van der Waals surface area contributed by atoms with Gasteiger partial charge in [0, 0.05) is 41.1 Å². The SMILES string of the molecule is Cc1cc(C(=O)Nc2c(C(=O)O)ccc(N(Cc3cc(C#N)ccc3OCc3ccccc3)C3CCCC3)c2C)ccc1NC1CCCC1. The summed E-state index contributed by atoms with van der Waals surface area (Å²) in [5.41, 5.74) is 6.77. The number of rotatable bonds is 12. The minimum atomic E-state index is -1.11. The van der Waals surface area contributed by atoms with Gasteiger partial charge in [0.1, 0.15) is 12.4 Å². The minimum absolute atomic E-state index is 0.0376. The van der Waals surface area contributed by atoms with E-state index in [0.717, 1.165) is 66.6 Å². The summed E-state index contributed by atoms with van der Waals surface area (Å²) in [5.74, 6) is -0.771. The molecular weight excluding hydrogens is 612 g/mol. The zero-order valence-corrected chi connectivity index (χ0v) is 28.3. The van der Waals surface area contributed by atoms with Crippen LogP contribution >= 0.6 is 0 Å². The maximum Gasteiger partial charge on any atom is 0.337 e. The molecule has 252 valence electrons. The summed E-state index contributed by atoms with van der Waals surface area (Å²) in [6.45, 7) is 4.71. The van der Waals surface area contributed by atoms with Crippen LogP contribution in [0.1, 0.15) is 99.9 Å². The van der Waals surface area contributed by atoms with Gasteiger partial charge in [0.05, 0.1) is 22.9 Å². The number of hydrogen-bond acceptors (Lipinski definition) is 6. The number of carboxylic acids is 1. The van der Waals surface area contributed by atoms with Gasteiger partial charge in [0.15, 0.2) is 0 Å². The summed E-state index contributed by atoms with van der Waals surface area (Å²) in [6, 6.07) is 27.4. The number of benzene rings is 4. The first-order valence-electron chi connectivity index (χ1n) is 17.3. The Labute approximate surface area is 288 Å². The number of carbonyl (C=O) groups excluding carboxylic acids is 1. The van der Waals surface area contributed by atoms with Crippen molar-refractivity contribution in [2.24, 2.45) is 0 Å². The molecule has 6 rings (SSSR count). The molecule has 0 unspecified atom stereocenters. The third kappa shape index (κ3) is 7.89. The summed E-state index contributed by atoms with van der Waals surface area (Å²) >= 11 is 0. The molecule has 8 nitrogen and oxygen atoms in total. The van der Waals surface area contributed by atoms with Crippen LogP contribution in [-0.4, -0.2) is 29.1 Å². The molecule has 2 fully saturated rings. The van der Waals surface area contributed by atoms with Crippen molar-refractivity contribution < 1.29 is 19.4 Å². The predicted molar refractivity (Wildman–Crippen MR) is 194 cm³/mol. The monoisotopic (exact) mass is 656 g/mol. The molecule has 0 atom stereocenters. The van der Waals surface area contributed by atoms with Gasteiger partial charge < -0.3 is 25.4 Å². The minimum Gasteiger partial charge on any atom is -0.489 e. The second-order valence-corrected chi connectivity index (χ2v) is 13.3. The van der Waals surface area contributed by atoms with E-state index < -0.39 is 5.97 Å². The van der Waals surface area contributed by atoms with Gasteiger partial charge >= 0.3 is 5.97 Å². The summed E-state index contributed by atoms with van der Waals surface area (Å²) in [4.78, 5) is 28.5. The molecule has 49 heavy (non-hydrogen) atoms. The fourth-order valence-electron chi connectivity index (χ4n) is 7.25. The Hall–Kier alpha value is -5.29. The molecule has 2 aliphatic carbocycles. The lowest BCUT2D eigenvalue weighted by Crippen LogP contribution is -2.34. The van der Waals surface area contributed by atoms with Crippen LogP contribution in [0.25, 0.3) is 0 Å². The topological polar surface area (TPSA) is 115 Å². The van der Waals surface area contributed by atoms with Gasteiger partial charge in [-0.1, -0.05) is 56.0 Å². The highest BCUT2D eigenvalue weighted by atomic mass is 16.5. The number of amides is 1. The fraction of sp³-hybridized carbons (Fsp3) is 0.341. The molecule has 0 saturated heterocycles. The van der Waals surface area contributed by atoms with E-state index in [1.165, 1.54) is 12.8 Å². The van der Waals surface area contributed by atoms with Crippen molar-refractivity contribution in [3.63, 3.8) is 0 Å². The van der Waals surface area contributed by atoms with E-state index >= 15 is 0 Å². The van der Waals surface area contributed by atoms with Crippen molar-refractivity contribution >= 4 is 28.9 Å². The highest BCUT2D eigenvalue weighted by Crippen LogP contribution is 2.38. The van der Waals surface area contributed by atoms with E-state index in [9.17, 15) is 20.0 Å². The number of ether oxygens (including phenoxy) is 1. The molecule has 0 bridgehead atoms. The van der Waals surface area contributed by atoms with Crippen molar-refractivity contribution in [2.45, 2.75) is 90.4 Å². The first-order valence-corrected chi connectivity index (χ1v) is 17.3. The van der Waals surface area contributed by atoms with E-state index in [0.29, 0.717) is 41.6 Å². The Balaban J connectivity index is 1.31. The fourth-order valence-corrected chi connectivity index (χ4v) is 7.25. The van der Waals surface area contributed by atoms with Crippen LogP contribution in [0.15, 0.2) is 78.9 Å². The molecule has 4 aromatic rings. The highest BCUT2D eigenvalue weighted by molar-refractivity contribution is 6.09. The Bertz CT molecular complexity index is 1850. The van der Waals surface area contributed by atoms with E-state index in [1.54, 1.807) is 18.2 Å². The zero-order valence-electron chi connectivity index (χ0n) is 28.3. The molecule has 1 amide bonds. The van der Waals surface area contributed by atoms with Crippen LogP contribution in [0.3, 0.4) is 0 Å². The molecule has 0 spiro atoms. The lowest BCUT2D eigenvalue weighted by atomic mass is 10.0.